The van der Waals surface area contributed by atoms with Gasteiger partial charge in [-0.3, -0.25) is 14.8 Å². The van der Waals surface area contributed by atoms with Gasteiger partial charge in [0.25, 0.3) is 5.91 Å². The Hall–Kier alpha value is -1.38. The van der Waals surface area contributed by atoms with Gasteiger partial charge in [0.2, 0.25) is 0 Å². The zero-order valence-electron chi connectivity index (χ0n) is 15.9. The largest absolute Gasteiger partial charge is 0.357 e. The normalized spacial score (nSPS) is 15.8. The Morgan fingerprint density at radius 1 is 1.19 bits per heavy atom. The van der Waals surface area contributed by atoms with E-state index in [0.717, 1.165) is 19.0 Å². The number of amides is 1. The molecule has 146 valence electrons. The van der Waals surface area contributed by atoms with Crippen LogP contribution in [-0.4, -0.2) is 43.0 Å². The lowest BCUT2D eigenvalue weighted by atomic mass is 9.84. The summed E-state index contributed by atoms with van der Waals surface area (Å²) >= 11 is 0. The quantitative estimate of drug-likeness (QED) is 0.235. The predicted octanol–water partition coefficient (Wildman–Crippen LogP) is 2.95. The summed E-state index contributed by atoms with van der Waals surface area (Å²) in [5.41, 5.74) is 0.964. The molecule has 1 heterocycles. The molecule has 0 bridgehead atoms. The number of hydrogen-bond donors (Lipinski definition) is 3. The van der Waals surface area contributed by atoms with Crippen molar-refractivity contribution in [3.05, 3.63) is 30.1 Å². The highest BCUT2D eigenvalue weighted by Crippen LogP contribution is 2.41. The van der Waals surface area contributed by atoms with Gasteiger partial charge in [0.1, 0.15) is 0 Å². The summed E-state index contributed by atoms with van der Waals surface area (Å²) in [5.74, 6) is 0.727. The van der Waals surface area contributed by atoms with Gasteiger partial charge >= 0.3 is 0 Å². The topological polar surface area (TPSA) is 78.4 Å². The van der Waals surface area contributed by atoms with Gasteiger partial charge in [-0.1, -0.05) is 19.8 Å². The van der Waals surface area contributed by atoms with E-state index in [4.69, 9.17) is 4.99 Å². The van der Waals surface area contributed by atoms with E-state index in [0.29, 0.717) is 24.1 Å². The molecule has 1 saturated carbocycles. The summed E-state index contributed by atoms with van der Waals surface area (Å²) in [4.78, 5) is 20.7. The summed E-state index contributed by atoms with van der Waals surface area (Å²) in [5, 5.41) is 9.47. The van der Waals surface area contributed by atoms with Crippen molar-refractivity contribution in [2.45, 2.75) is 46.0 Å². The van der Waals surface area contributed by atoms with Gasteiger partial charge < -0.3 is 16.0 Å². The van der Waals surface area contributed by atoms with Crippen molar-refractivity contribution in [2.75, 3.05) is 26.2 Å². The van der Waals surface area contributed by atoms with Crippen LogP contribution in [0.1, 0.15) is 56.3 Å². The van der Waals surface area contributed by atoms with Crippen LogP contribution >= 0.6 is 24.0 Å². The van der Waals surface area contributed by atoms with Crippen LogP contribution in [0.3, 0.4) is 0 Å². The zero-order valence-corrected chi connectivity index (χ0v) is 18.2. The van der Waals surface area contributed by atoms with E-state index in [2.05, 4.69) is 34.8 Å². The molecule has 1 amide bonds. The van der Waals surface area contributed by atoms with Gasteiger partial charge in [-0.05, 0) is 43.7 Å². The molecule has 0 saturated heterocycles. The molecule has 3 N–H and O–H groups in total. The van der Waals surface area contributed by atoms with Crippen molar-refractivity contribution in [1.29, 1.82) is 0 Å². The van der Waals surface area contributed by atoms with E-state index < -0.39 is 0 Å². The number of aromatic nitrogens is 1. The highest BCUT2D eigenvalue weighted by molar-refractivity contribution is 14.0. The number of pyridine rings is 1. The first-order chi connectivity index (χ1) is 12.2. The number of nitrogens with one attached hydrogen (secondary N) is 3. The van der Waals surface area contributed by atoms with Gasteiger partial charge in [0.05, 0.1) is 5.56 Å². The van der Waals surface area contributed by atoms with Crippen molar-refractivity contribution >= 4 is 35.8 Å². The molecular formula is C19H32IN5O. The van der Waals surface area contributed by atoms with Crippen LogP contribution in [-0.2, 0) is 0 Å². The van der Waals surface area contributed by atoms with E-state index in [1.165, 1.54) is 32.1 Å². The minimum absolute atomic E-state index is 0. The second-order valence-corrected chi connectivity index (χ2v) is 6.68. The highest BCUT2D eigenvalue weighted by atomic mass is 127. The molecule has 6 nitrogen and oxygen atoms in total. The lowest BCUT2D eigenvalue weighted by molar-refractivity contribution is 0.0954. The number of rotatable bonds is 8. The number of aliphatic imine (C=N–C) groups is 1. The number of carbonyl (C=O) groups is 1. The van der Waals surface area contributed by atoms with Crippen molar-refractivity contribution in [2.24, 2.45) is 10.4 Å². The maximum atomic E-state index is 12.0. The molecule has 1 aromatic heterocycles. The number of guanidine groups is 1. The minimum atomic E-state index is -0.104. The predicted molar refractivity (Wildman–Crippen MR) is 117 cm³/mol. The minimum Gasteiger partial charge on any atom is -0.357 e. The average Bonchev–Trinajstić information content (AvgIpc) is 3.13. The molecule has 0 aromatic carbocycles. The van der Waals surface area contributed by atoms with E-state index in [1.54, 1.807) is 24.5 Å². The van der Waals surface area contributed by atoms with Crippen LogP contribution < -0.4 is 16.0 Å². The molecule has 0 atom stereocenters. The Morgan fingerprint density at radius 2 is 1.92 bits per heavy atom. The first-order valence-corrected chi connectivity index (χ1v) is 9.39. The fourth-order valence-corrected chi connectivity index (χ4v) is 3.29. The smallest absolute Gasteiger partial charge is 0.252 e. The third-order valence-corrected chi connectivity index (χ3v) is 4.96. The monoisotopic (exact) mass is 473 g/mol. The van der Waals surface area contributed by atoms with Crippen molar-refractivity contribution in [1.82, 2.24) is 20.9 Å². The fraction of sp³-hybridized carbons (Fsp3) is 0.632. The third-order valence-electron chi connectivity index (χ3n) is 4.96. The Labute approximate surface area is 174 Å². The molecule has 0 spiro atoms. The van der Waals surface area contributed by atoms with Crippen LogP contribution in [0.5, 0.6) is 0 Å². The average molecular weight is 473 g/mol. The van der Waals surface area contributed by atoms with Gasteiger partial charge in [0, 0.05) is 38.6 Å². The van der Waals surface area contributed by atoms with Gasteiger partial charge in [-0.15, -0.1) is 24.0 Å². The lowest BCUT2D eigenvalue weighted by Crippen LogP contribution is -2.42. The molecule has 2 rings (SSSR count). The van der Waals surface area contributed by atoms with E-state index in [9.17, 15) is 4.79 Å². The van der Waals surface area contributed by atoms with Crippen molar-refractivity contribution < 1.29 is 4.79 Å². The lowest BCUT2D eigenvalue weighted by Gasteiger charge is -2.25. The van der Waals surface area contributed by atoms with Crippen molar-refractivity contribution in [3.8, 4) is 0 Å². The van der Waals surface area contributed by atoms with Gasteiger partial charge in [0.15, 0.2) is 5.96 Å². The van der Waals surface area contributed by atoms with Crippen molar-refractivity contribution in [3.63, 3.8) is 0 Å². The first kappa shape index (κ1) is 22.7. The summed E-state index contributed by atoms with van der Waals surface area (Å²) in [6.07, 6.45) is 9.64. The maximum absolute atomic E-state index is 12.0. The Bertz CT molecular complexity index is 558. The highest BCUT2D eigenvalue weighted by Gasteiger charge is 2.31. The number of hydrogen-bond acceptors (Lipinski definition) is 3. The Kier molecular flexibility index (Phi) is 10.5. The van der Waals surface area contributed by atoms with E-state index >= 15 is 0 Å². The summed E-state index contributed by atoms with van der Waals surface area (Å²) in [7, 11) is 0. The molecule has 7 heteroatoms. The molecule has 1 aliphatic carbocycles. The van der Waals surface area contributed by atoms with Crippen LogP contribution in [0.15, 0.2) is 29.5 Å². The zero-order chi connectivity index (χ0) is 18.0. The molecule has 0 aliphatic heterocycles. The van der Waals surface area contributed by atoms with Crippen LogP contribution in [0.25, 0.3) is 0 Å². The molecule has 1 fully saturated rings. The van der Waals surface area contributed by atoms with Crippen LogP contribution in [0, 0.1) is 5.41 Å². The summed E-state index contributed by atoms with van der Waals surface area (Å²) in [6.45, 7) is 7.21. The molecule has 1 aliphatic rings. The number of nitrogens with zero attached hydrogens (tertiary/aromatic N) is 2. The van der Waals surface area contributed by atoms with Crippen LogP contribution in [0.4, 0.5) is 0 Å². The number of carbonyl (C=O) groups excluding carboxylic acids is 1. The van der Waals surface area contributed by atoms with Crippen LogP contribution in [0.2, 0.25) is 0 Å². The Balaban J connectivity index is 0.00000338. The van der Waals surface area contributed by atoms with E-state index in [1.807, 2.05) is 0 Å². The summed E-state index contributed by atoms with van der Waals surface area (Å²) in [6, 6.07) is 3.52. The molecule has 0 radical (unpaired) electrons. The standard InChI is InChI=1S/C19H31N5O.HI/c1-3-19(9-5-6-10-19)15-24-18(21-4-2)23-13-12-22-17(25)16-8-7-11-20-14-16;/h7-8,11,14H,3-6,9-10,12-13,15H2,1-2H3,(H,22,25)(H2,21,23,24);1H. The van der Waals surface area contributed by atoms with Gasteiger partial charge in [-0.25, -0.2) is 0 Å². The maximum Gasteiger partial charge on any atom is 0.252 e. The second-order valence-electron chi connectivity index (χ2n) is 6.68. The second kappa shape index (κ2) is 12.1. The molecule has 1 aromatic rings. The number of halogens is 1. The molecule has 0 unspecified atom stereocenters. The third kappa shape index (κ3) is 7.09. The molecular weight excluding hydrogens is 441 g/mol. The molecule has 26 heavy (non-hydrogen) atoms. The SMILES string of the molecule is CCNC(=NCC1(CC)CCCC1)NCCNC(=O)c1cccnc1.I. The first-order valence-electron chi connectivity index (χ1n) is 9.39. The summed E-state index contributed by atoms with van der Waals surface area (Å²) < 4.78 is 0. The van der Waals surface area contributed by atoms with Gasteiger partial charge in [-0.2, -0.15) is 0 Å². The van der Waals surface area contributed by atoms with E-state index in [-0.39, 0.29) is 29.9 Å². The fourth-order valence-electron chi connectivity index (χ4n) is 3.29. The Morgan fingerprint density at radius 3 is 2.54 bits per heavy atom.